The van der Waals surface area contributed by atoms with Gasteiger partial charge in [-0.1, -0.05) is 0 Å². The lowest BCUT2D eigenvalue weighted by atomic mass is 9.54. The van der Waals surface area contributed by atoms with Crippen molar-refractivity contribution in [1.29, 1.82) is 0 Å². The molecule has 4 fully saturated rings. The number of nitrogens with zero attached hydrogens (tertiary/aromatic N) is 1. The Bertz CT molecular complexity index is 308. The van der Waals surface area contributed by atoms with E-state index < -0.39 is 0 Å². The molecule has 5 rings (SSSR count). The Kier molecular flexibility index (Phi) is 1.84. The average molecular weight is 219 g/mol. The summed E-state index contributed by atoms with van der Waals surface area (Å²) in [5.41, 5.74) is 9.53. The van der Waals surface area contributed by atoms with Gasteiger partial charge >= 0.3 is 0 Å². The van der Waals surface area contributed by atoms with Crippen LogP contribution in [0.15, 0.2) is 11.9 Å². The zero-order valence-electron chi connectivity index (χ0n) is 9.73. The Balaban J connectivity index is 1.62. The molecule has 4 saturated carbocycles. The summed E-state index contributed by atoms with van der Waals surface area (Å²) in [5, 5.41) is 2.30. The Morgan fingerprint density at radius 1 is 1.06 bits per heavy atom. The zero-order chi connectivity index (χ0) is 10.7. The van der Waals surface area contributed by atoms with Crippen LogP contribution in [0.25, 0.3) is 0 Å². The molecule has 1 aliphatic heterocycles. The highest BCUT2D eigenvalue weighted by Gasteiger charge is 2.50. The van der Waals surface area contributed by atoms with Crippen LogP contribution in [0, 0.1) is 23.7 Å². The van der Waals surface area contributed by atoms with Crippen molar-refractivity contribution in [2.24, 2.45) is 29.4 Å². The van der Waals surface area contributed by atoms with Crippen molar-refractivity contribution in [3.63, 3.8) is 0 Å². The van der Waals surface area contributed by atoms with Gasteiger partial charge in [0.2, 0.25) is 0 Å². The molecule has 4 bridgehead atoms. The Morgan fingerprint density at radius 3 is 2.19 bits per heavy atom. The van der Waals surface area contributed by atoms with E-state index in [1.54, 1.807) is 0 Å². The maximum absolute atomic E-state index is 6.08. The second kappa shape index (κ2) is 3.16. The number of nitrogens with one attached hydrogen (secondary N) is 1. The molecule has 5 aliphatic rings. The summed E-state index contributed by atoms with van der Waals surface area (Å²) in [4.78, 5) is 0. The molecule has 3 heteroatoms. The van der Waals surface area contributed by atoms with Gasteiger partial charge in [-0.05, 0) is 61.9 Å². The normalized spacial score (nSPS) is 49.9. The van der Waals surface area contributed by atoms with Crippen molar-refractivity contribution in [1.82, 2.24) is 10.4 Å². The topological polar surface area (TPSA) is 41.3 Å². The lowest BCUT2D eigenvalue weighted by Crippen LogP contribution is -2.58. The van der Waals surface area contributed by atoms with E-state index in [-0.39, 0.29) is 0 Å². The van der Waals surface area contributed by atoms with Crippen LogP contribution in [-0.4, -0.2) is 17.6 Å². The summed E-state index contributed by atoms with van der Waals surface area (Å²) in [7, 11) is 0. The summed E-state index contributed by atoms with van der Waals surface area (Å²) < 4.78 is 0. The fourth-order valence-electron chi connectivity index (χ4n) is 5.03. The molecular formula is C13H21N3. The largest absolute Gasteiger partial charge is 0.385 e. The van der Waals surface area contributed by atoms with Crippen LogP contribution in [0.2, 0.25) is 0 Å². The number of hydrazine groups is 1. The molecule has 0 spiro atoms. The van der Waals surface area contributed by atoms with Crippen LogP contribution >= 0.6 is 0 Å². The van der Waals surface area contributed by atoms with Gasteiger partial charge in [-0.3, -0.25) is 5.01 Å². The van der Waals surface area contributed by atoms with Gasteiger partial charge in [-0.25, -0.2) is 5.43 Å². The minimum Gasteiger partial charge on any atom is -0.385 e. The van der Waals surface area contributed by atoms with Crippen molar-refractivity contribution in [3.8, 4) is 0 Å². The molecule has 0 amide bonds. The predicted octanol–water partition coefficient (Wildman–Crippen LogP) is 1.43. The highest BCUT2D eigenvalue weighted by molar-refractivity contribution is 5.10. The first-order chi connectivity index (χ1) is 7.81. The molecule has 3 nitrogen and oxygen atoms in total. The molecule has 0 aromatic carbocycles. The first kappa shape index (κ1) is 9.34. The van der Waals surface area contributed by atoms with Crippen molar-refractivity contribution in [3.05, 3.63) is 11.9 Å². The van der Waals surface area contributed by atoms with E-state index in [4.69, 9.17) is 5.73 Å². The van der Waals surface area contributed by atoms with Gasteiger partial charge in [0.05, 0.1) is 6.04 Å². The van der Waals surface area contributed by atoms with E-state index in [0.29, 0.717) is 6.04 Å². The molecule has 0 saturated heterocycles. The Labute approximate surface area is 97.0 Å². The predicted molar refractivity (Wildman–Crippen MR) is 62.9 cm³/mol. The zero-order valence-corrected chi connectivity index (χ0v) is 9.73. The minimum atomic E-state index is 0.701. The molecule has 0 radical (unpaired) electrons. The van der Waals surface area contributed by atoms with Crippen LogP contribution in [0.3, 0.4) is 0 Å². The van der Waals surface area contributed by atoms with Crippen molar-refractivity contribution >= 4 is 0 Å². The summed E-state index contributed by atoms with van der Waals surface area (Å²) in [6.45, 7) is 0.925. The van der Waals surface area contributed by atoms with E-state index in [9.17, 15) is 0 Å². The molecule has 88 valence electrons. The molecule has 1 heterocycles. The number of rotatable bonds is 1. The first-order valence-electron chi connectivity index (χ1n) is 6.79. The van der Waals surface area contributed by atoms with Gasteiger partial charge in [-0.15, -0.1) is 0 Å². The number of hydrogen-bond acceptors (Lipinski definition) is 3. The molecule has 16 heavy (non-hydrogen) atoms. The summed E-state index contributed by atoms with van der Waals surface area (Å²) >= 11 is 0. The van der Waals surface area contributed by atoms with Gasteiger partial charge in [0.1, 0.15) is 5.82 Å². The van der Waals surface area contributed by atoms with Gasteiger partial charge in [0.15, 0.2) is 0 Å². The smallest absolute Gasteiger partial charge is 0.111 e. The number of hydrogen-bond donors (Lipinski definition) is 2. The van der Waals surface area contributed by atoms with Gasteiger partial charge in [0.25, 0.3) is 0 Å². The highest BCUT2D eigenvalue weighted by atomic mass is 15.6. The summed E-state index contributed by atoms with van der Waals surface area (Å²) in [5.74, 6) is 4.89. The van der Waals surface area contributed by atoms with Crippen LogP contribution in [0.5, 0.6) is 0 Å². The Morgan fingerprint density at radius 2 is 1.69 bits per heavy atom. The lowest BCUT2D eigenvalue weighted by Gasteiger charge is -2.56. The molecule has 0 aromatic rings. The molecule has 0 atom stereocenters. The van der Waals surface area contributed by atoms with Crippen LogP contribution in [0.4, 0.5) is 0 Å². The third-order valence-corrected chi connectivity index (χ3v) is 5.33. The number of nitrogens with two attached hydrogens (primary N) is 1. The van der Waals surface area contributed by atoms with Crippen LogP contribution in [0.1, 0.15) is 32.1 Å². The van der Waals surface area contributed by atoms with E-state index in [1.807, 2.05) is 0 Å². The molecule has 0 aromatic heterocycles. The summed E-state index contributed by atoms with van der Waals surface area (Å²) in [6.07, 6.45) is 9.49. The van der Waals surface area contributed by atoms with Gasteiger partial charge < -0.3 is 5.73 Å². The highest BCUT2D eigenvalue weighted by Crippen LogP contribution is 2.55. The monoisotopic (exact) mass is 219 g/mol. The van der Waals surface area contributed by atoms with E-state index in [0.717, 1.165) is 36.0 Å². The molecule has 4 aliphatic carbocycles. The van der Waals surface area contributed by atoms with Crippen molar-refractivity contribution in [2.75, 3.05) is 6.54 Å². The van der Waals surface area contributed by atoms with E-state index >= 15 is 0 Å². The quantitative estimate of drug-likeness (QED) is 0.701. The molecule has 3 N–H and O–H groups in total. The SMILES string of the molecule is NC1=CCNN1C1C2CC3CC(C2)CC1C3. The van der Waals surface area contributed by atoms with Crippen molar-refractivity contribution in [2.45, 2.75) is 38.1 Å². The first-order valence-corrected chi connectivity index (χ1v) is 6.79. The standard InChI is InChI=1S/C13H21N3/c14-12-1-2-15-16(12)13-10-4-8-3-9(6-10)7-11(13)5-8/h1,8-11,13,15H,2-7,14H2. The molecular weight excluding hydrogens is 198 g/mol. The molecule has 0 unspecified atom stereocenters. The van der Waals surface area contributed by atoms with E-state index in [2.05, 4.69) is 16.5 Å². The maximum atomic E-state index is 6.08. The maximum Gasteiger partial charge on any atom is 0.111 e. The third kappa shape index (κ3) is 1.18. The summed E-state index contributed by atoms with van der Waals surface area (Å²) in [6, 6.07) is 0.701. The van der Waals surface area contributed by atoms with Gasteiger partial charge in [0, 0.05) is 6.54 Å². The third-order valence-electron chi connectivity index (χ3n) is 5.33. The van der Waals surface area contributed by atoms with Gasteiger partial charge in [-0.2, -0.15) is 0 Å². The second-order valence-electron chi connectivity index (χ2n) is 6.28. The van der Waals surface area contributed by atoms with E-state index in [1.165, 1.54) is 32.1 Å². The minimum absolute atomic E-state index is 0.701. The fourth-order valence-corrected chi connectivity index (χ4v) is 5.03. The van der Waals surface area contributed by atoms with Crippen molar-refractivity contribution < 1.29 is 0 Å². The van der Waals surface area contributed by atoms with Crippen LogP contribution < -0.4 is 11.2 Å². The average Bonchev–Trinajstić information content (AvgIpc) is 2.63. The lowest BCUT2D eigenvalue weighted by molar-refractivity contribution is -0.0654. The fraction of sp³-hybridized carbons (Fsp3) is 0.846. The second-order valence-corrected chi connectivity index (χ2v) is 6.28. The van der Waals surface area contributed by atoms with Crippen LogP contribution in [-0.2, 0) is 0 Å². The Hall–Kier alpha value is -0.700.